The van der Waals surface area contributed by atoms with Gasteiger partial charge in [-0.1, -0.05) is 19.9 Å². The molecule has 7 heteroatoms. The summed E-state index contributed by atoms with van der Waals surface area (Å²) in [6, 6.07) is 7.34. The maximum atomic E-state index is 13.2. The van der Waals surface area contributed by atoms with Crippen molar-refractivity contribution in [2.24, 2.45) is 5.41 Å². The number of methoxy groups -OCH3 is 2. The number of ketones is 1. The Bertz CT molecular complexity index is 1020. The van der Waals surface area contributed by atoms with Gasteiger partial charge < -0.3 is 9.47 Å². The molecule has 0 fully saturated rings. The molecular weight excluding hydrogens is 380 g/mol. The Kier molecular flexibility index (Phi) is 4.92. The number of nitrogens with one attached hydrogen (secondary N) is 1. The molecule has 30 heavy (non-hydrogen) atoms. The summed E-state index contributed by atoms with van der Waals surface area (Å²) in [7, 11) is 3.22. The van der Waals surface area contributed by atoms with Gasteiger partial charge in [0.05, 0.1) is 14.2 Å². The Morgan fingerprint density at radius 2 is 1.70 bits per heavy atom. The van der Waals surface area contributed by atoms with Crippen molar-refractivity contribution in [3.63, 3.8) is 0 Å². The van der Waals surface area contributed by atoms with E-state index in [1.54, 1.807) is 14.2 Å². The largest absolute Gasteiger partial charge is 0.493 e. The molecule has 4 rings (SSSR count). The standard InChI is InChI=1S/C23H28N4O3/c1-13-9-14(2)25-22(24-13)27-21(15-7-8-18(29-5)19(10-15)30-6)20-16(26-27)11-23(3,4)12-17(20)28/h7-10,21,26H,11-12H2,1-6H3/t21-/m0/s1. The Morgan fingerprint density at radius 3 is 2.33 bits per heavy atom. The van der Waals surface area contributed by atoms with E-state index in [2.05, 4.69) is 29.2 Å². The number of allylic oxidation sites excluding steroid dienone is 1. The minimum atomic E-state index is -0.343. The zero-order chi connectivity index (χ0) is 21.6. The first kappa shape index (κ1) is 20.2. The molecule has 1 aliphatic carbocycles. The molecule has 1 aromatic heterocycles. The smallest absolute Gasteiger partial charge is 0.245 e. The Labute approximate surface area is 177 Å². The van der Waals surface area contributed by atoms with Crippen LogP contribution in [0.2, 0.25) is 0 Å². The predicted octanol–water partition coefficient (Wildman–Crippen LogP) is 3.82. The highest BCUT2D eigenvalue weighted by Gasteiger charge is 2.45. The lowest BCUT2D eigenvalue weighted by atomic mass is 9.74. The Balaban J connectivity index is 1.87. The number of carbonyl (C=O) groups is 1. The molecule has 7 nitrogen and oxygen atoms in total. The van der Waals surface area contributed by atoms with Gasteiger partial charge in [-0.2, -0.15) is 0 Å². The third-order valence-corrected chi connectivity index (χ3v) is 5.62. The lowest BCUT2D eigenvalue weighted by Gasteiger charge is -2.29. The van der Waals surface area contributed by atoms with Crippen molar-refractivity contribution in [3.8, 4) is 11.5 Å². The van der Waals surface area contributed by atoms with Crippen molar-refractivity contribution < 1.29 is 14.3 Å². The highest BCUT2D eigenvalue weighted by Crippen LogP contribution is 2.47. The molecule has 1 N–H and O–H groups in total. The van der Waals surface area contributed by atoms with Crippen LogP contribution in [-0.2, 0) is 4.79 Å². The second-order valence-corrected chi connectivity index (χ2v) is 8.78. The average Bonchev–Trinajstić information content (AvgIpc) is 3.05. The van der Waals surface area contributed by atoms with Gasteiger partial charge in [-0.05, 0) is 49.4 Å². The molecule has 0 spiro atoms. The van der Waals surface area contributed by atoms with E-state index in [1.165, 1.54) is 0 Å². The zero-order valence-electron chi connectivity index (χ0n) is 18.4. The van der Waals surface area contributed by atoms with Gasteiger partial charge in [0, 0.05) is 29.1 Å². The van der Waals surface area contributed by atoms with Gasteiger partial charge in [0.15, 0.2) is 17.3 Å². The molecule has 0 saturated carbocycles. The first-order valence-electron chi connectivity index (χ1n) is 10.1. The molecule has 0 radical (unpaired) electrons. The number of anilines is 1. The van der Waals surface area contributed by atoms with E-state index in [1.807, 2.05) is 43.1 Å². The third kappa shape index (κ3) is 3.49. The highest BCUT2D eigenvalue weighted by atomic mass is 16.5. The third-order valence-electron chi connectivity index (χ3n) is 5.62. The summed E-state index contributed by atoms with van der Waals surface area (Å²) < 4.78 is 10.9. The van der Waals surface area contributed by atoms with Gasteiger partial charge in [0.2, 0.25) is 5.95 Å². The van der Waals surface area contributed by atoms with Crippen LogP contribution in [0.5, 0.6) is 11.5 Å². The van der Waals surface area contributed by atoms with Crippen molar-refractivity contribution in [1.29, 1.82) is 0 Å². The number of ether oxygens (including phenoxy) is 2. The number of nitrogens with zero attached hydrogens (tertiary/aromatic N) is 3. The fourth-order valence-electron chi connectivity index (χ4n) is 4.41. The van der Waals surface area contributed by atoms with Gasteiger partial charge in [-0.25, -0.2) is 15.0 Å². The molecule has 1 atom stereocenters. The first-order valence-corrected chi connectivity index (χ1v) is 10.1. The molecule has 2 aromatic rings. The molecule has 0 saturated heterocycles. The van der Waals surface area contributed by atoms with Gasteiger partial charge >= 0.3 is 0 Å². The maximum absolute atomic E-state index is 13.2. The maximum Gasteiger partial charge on any atom is 0.245 e. The molecule has 158 valence electrons. The monoisotopic (exact) mass is 408 g/mol. The summed E-state index contributed by atoms with van der Waals surface area (Å²) in [6.07, 6.45) is 1.30. The second kappa shape index (κ2) is 7.31. The van der Waals surface area contributed by atoms with Crippen LogP contribution in [0.1, 0.15) is 49.7 Å². The fourth-order valence-corrected chi connectivity index (χ4v) is 4.41. The van der Waals surface area contributed by atoms with E-state index < -0.39 is 0 Å². The number of hydrogen-bond acceptors (Lipinski definition) is 7. The number of aryl methyl sites for hydroxylation is 2. The van der Waals surface area contributed by atoms with Crippen LogP contribution in [0.4, 0.5) is 5.95 Å². The van der Waals surface area contributed by atoms with Crippen molar-refractivity contribution in [1.82, 2.24) is 15.4 Å². The number of Topliss-reactive ketones (excluding diaryl/α,β-unsaturated/α-hetero) is 1. The van der Waals surface area contributed by atoms with E-state index in [-0.39, 0.29) is 17.2 Å². The predicted molar refractivity (Wildman–Crippen MR) is 114 cm³/mol. The van der Waals surface area contributed by atoms with Gasteiger partial charge in [-0.15, -0.1) is 0 Å². The topological polar surface area (TPSA) is 76.6 Å². The lowest BCUT2D eigenvalue weighted by molar-refractivity contribution is -0.118. The van der Waals surface area contributed by atoms with Gasteiger partial charge in [0.1, 0.15) is 6.04 Å². The molecule has 0 unspecified atom stereocenters. The van der Waals surface area contributed by atoms with Crippen molar-refractivity contribution in [2.75, 3.05) is 19.2 Å². The summed E-state index contributed by atoms with van der Waals surface area (Å²) in [5, 5.41) is 1.91. The summed E-state index contributed by atoms with van der Waals surface area (Å²) in [4.78, 5) is 22.5. The van der Waals surface area contributed by atoms with Crippen LogP contribution in [0.25, 0.3) is 0 Å². The van der Waals surface area contributed by atoms with E-state index >= 15 is 0 Å². The van der Waals surface area contributed by atoms with Crippen LogP contribution in [0, 0.1) is 19.3 Å². The van der Waals surface area contributed by atoms with Crippen LogP contribution >= 0.6 is 0 Å². The summed E-state index contributed by atoms with van der Waals surface area (Å²) >= 11 is 0. The summed E-state index contributed by atoms with van der Waals surface area (Å²) in [5.41, 5.74) is 7.76. The van der Waals surface area contributed by atoms with Gasteiger partial charge in [-0.3, -0.25) is 10.2 Å². The van der Waals surface area contributed by atoms with Crippen LogP contribution in [0.15, 0.2) is 35.5 Å². The van der Waals surface area contributed by atoms with E-state index in [4.69, 9.17) is 9.47 Å². The molecule has 0 amide bonds. The summed E-state index contributed by atoms with van der Waals surface area (Å²) in [5.74, 6) is 1.97. The first-order chi connectivity index (χ1) is 14.2. The van der Waals surface area contributed by atoms with E-state index in [9.17, 15) is 4.79 Å². The number of carbonyl (C=O) groups excluding carboxylic acids is 1. The van der Waals surface area contributed by atoms with Crippen LogP contribution < -0.4 is 19.9 Å². The lowest BCUT2D eigenvalue weighted by Crippen LogP contribution is -2.36. The number of benzene rings is 1. The number of hydrazine groups is 1. The van der Waals surface area contributed by atoms with E-state index in [0.717, 1.165) is 34.6 Å². The van der Waals surface area contributed by atoms with Crippen LogP contribution in [0.3, 0.4) is 0 Å². The van der Waals surface area contributed by atoms with Crippen molar-refractivity contribution >= 4 is 11.7 Å². The minimum Gasteiger partial charge on any atom is -0.493 e. The van der Waals surface area contributed by atoms with Gasteiger partial charge in [0.25, 0.3) is 0 Å². The number of aromatic nitrogens is 2. The molecule has 1 aromatic carbocycles. The summed E-state index contributed by atoms with van der Waals surface area (Å²) in [6.45, 7) is 8.14. The van der Waals surface area contributed by atoms with Crippen molar-refractivity contribution in [3.05, 3.63) is 52.5 Å². The number of hydrogen-bond donors (Lipinski definition) is 1. The number of rotatable bonds is 4. The normalized spacial score (nSPS) is 20.1. The molecule has 2 heterocycles. The SMILES string of the molecule is COc1ccc([C@H]2C3=C(CC(C)(C)CC3=O)NN2c2nc(C)cc(C)n2)cc1OC. The zero-order valence-corrected chi connectivity index (χ0v) is 18.4. The van der Waals surface area contributed by atoms with E-state index in [0.29, 0.717) is 23.9 Å². The molecule has 0 bridgehead atoms. The Hall–Kier alpha value is -3.09. The molecule has 1 aliphatic heterocycles. The fraction of sp³-hybridized carbons (Fsp3) is 0.435. The Morgan fingerprint density at radius 1 is 1.03 bits per heavy atom. The minimum absolute atomic E-state index is 0.0928. The average molecular weight is 409 g/mol. The van der Waals surface area contributed by atoms with Crippen LogP contribution in [-0.4, -0.2) is 30.0 Å². The highest BCUT2D eigenvalue weighted by molar-refractivity contribution is 6.00. The molecule has 2 aliphatic rings. The molecular formula is C23H28N4O3. The second-order valence-electron chi connectivity index (χ2n) is 8.78. The quantitative estimate of drug-likeness (QED) is 0.824. The van der Waals surface area contributed by atoms with Crippen molar-refractivity contribution in [2.45, 2.75) is 46.6 Å².